The number of sulfonamides is 1. The summed E-state index contributed by atoms with van der Waals surface area (Å²) in [6.07, 6.45) is 4.05. The van der Waals surface area contributed by atoms with Crippen molar-refractivity contribution in [2.45, 2.75) is 19.1 Å². The van der Waals surface area contributed by atoms with Crippen LogP contribution in [0.1, 0.15) is 12.2 Å². The summed E-state index contributed by atoms with van der Waals surface area (Å²) in [6, 6.07) is 3.87. The number of rotatable bonds is 5. The van der Waals surface area contributed by atoms with Gasteiger partial charge in [0.15, 0.2) is 0 Å². The van der Waals surface area contributed by atoms with Gasteiger partial charge in [-0.15, -0.1) is 0 Å². The van der Waals surface area contributed by atoms with E-state index >= 15 is 0 Å². The van der Waals surface area contributed by atoms with E-state index in [1.165, 1.54) is 6.26 Å². The van der Waals surface area contributed by atoms with Gasteiger partial charge < -0.3 is 9.15 Å². The quantitative estimate of drug-likeness (QED) is 0.807. The van der Waals surface area contributed by atoms with Crippen molar-refractivity contribution in [1.82, 2.24) is 9.21 Å². The number of fused-ring (bicyclic) bond motifs is 1. The first-order valence-electron chi connectivity index (χ1n) is 7.71. The smallest absolute Gasteiger partial charge is 0.211 e. The van der Waals surface area contributed by atoms with Crippen molar-refractivity contribution in [2.24, 2.45) is 11.8 Å². The van der Waals surface area contributed by atoms with Crippen molar-refractivity contribution in [3.63, 3.8) is 0 Å². The van der Waals surface area contributed by atoms with E-state index in [4.69, 9.17) is 9.15 Å². The molecule has 0 aliphatic carbocycles. The molecule has 3 atom stereocenters. The highest BCUT2D eigenvalue weighted by Crippen LogP contribution is 2.35. The fraction of sp³-hybridized carbons (Fsp3) is 0.733. The van der Waals surface area contributed by atoms with E-state index in [-0.39, 0.29) is 6.10 Å². The van der Waals surface area contributed by atoms with Crippen LogP contribution >= 0.6 is 0 Å². The van der Waals surface area contributed by atoms with Gasteiger partial charge in [-0.25, -0.2) is 12.7 Å². The zero-order valence-electron chi connectivity index (χ0n) is 13.1. The molecule has 0 spiro atoms. The Kier molecular flexibility index (Phi) is 4.59. The van der Waals surface area contributed by atoms with Crippen LogP contribution in [-0.4, -0.2) is 63.3 Å². The largest absolute Gasteiger partial charge is 0.468 e. The summed E-state index contributed by atoms with van der Waals surface area (Å²) >= 11 is 0. The predicted octanol–water partition coefficient (Wildman–Crippen LogP) is 1.01. The molecular formula is C15H24N2O4S. The van der Waals surface area contributed by atoms with Crippen LogP contribution in [0.3, 0.4) is 0 Å². The Bertz CT molecular complexity index is 587. The van der Waals surface area contributed by atoms with Crippen molar-refractivity contribution in [1.29, 1.82) is 0 Å². The minimum absolute atomic E-state index is 0.187. The summed E-state index contributed by atoms with van der Waals surface area (Å²) in [4.78, 5) is 2.20. The van der Waals surface area contributed by atoms with Gasteiger partial charge in [0.1, 0.15) is 5.76 Å². The Morgan fingerprint density at radius 3 is 2.95 bits per heavy atom. The Hall–Kier alpha value is -0.890. The third-order valence-corrected chi connectivity index (χ3v) is 5.99. The topological polar surface area (TPSA) is 63.0 Å². The third-order valence-electron chi connectivity index (χ3n) is 4.72. The van der Waals surface area contributed by atoms with Crippen molar-refractivity contribution in [3.8, 4) is 0 Å². The zero-order valence-corrected chi connectivity index (χ0v) is 14.0. The van der Waals surface area contributed by atoms with Gasteiger partial charge in [-0.05, 0) is 31.5 Å². The molecule has 6 nitrogen and oxygen atoms in total. The van der Waals surface area contributed by atoms with Gasteiger partial charge in [0.25, 0.3) is 0 Å². The number of likely N-dealkylation sites (N-methyl/N-ethyl adjacent to an activating group) is 1. The van der Waals surface area contributed by atoms with Gasteiger partial charge in [-0.1, -0.05) is 0 Å². The van der Waals surface area contributed by atoms with Gasteiger partial charge in [0.05, 0.1) is 31.8 Å². The minimum Gasteiger partial charge on any atom is -0.468 e. The fourth-order valence-electron chi connectivity index (χ4n) is 3.58. The van der Waals surface area contributed by atoms with Gasteiger partial charge >= 0.3 is 0 Å². The molecule has 124 valence electrons. The second-order valence-corrected chi connectivity index (χ2v) is 8.46. The molecule has 2 saturated heterocycles. The first-order valence-corrected chi connectivity index (χ1v) is 9.56. The summed E-state index contributed by atoms with van der Waals surface area (Å²) in [5, 5.41) is 0. The molecule has 2 aliphatic heterocycles. The maximum atomic E-state index is 11.7. The van der Waals surface area contributed by atoms with Crippen molar-refractivity contribution in [2.75, 3.05) is 39.5 Å². The van der Waals surface area contributed by atoms with E-state index in [9.17, 15) is 8.42 Å². The van der Waals surface area contributed by atoms with Gasteiger partial charge in [-0.3, -0.25) is 4.90 Å². The summed E-state index contributed by atoms with van der Waals surface area (Å²) in [7, 11) is -1.02. The van der Waals surface area contributed by atoms with Crippen molar-refractivity contribution >= 4 is 10.0 Å². The summed E-state index contributed by atoms with van der Waals surface area (Å²) in [6.45, 7) is 3.49. The fourth-order valence-corrected chi connectivity index (χ4v) is 4.48. The first-order chi connectivity index (χ1) is 10.4. The Morgan fingerprint density at radius 2 is 2.27 bits per heavy atom. The molecule has 0 aromatic carbocycles. The molecule has 0 amide bonds. The van der Waals surface area contributed by atoms with E-state index in [1.54, 1.807) is 10.6 Å². The zero-order chi connectivity index (χ0) is 15.7. The number of nitrogens with zero attached hydrogens (tertiary/aromatic N) is 2. The minimum atomic E-state index is -3.08. The van der Waals surface area contributed by atoms with Gasteiger partial charge in [-0.2, -0.15) is 0 Å². The molecule has 0 N–H and O–H groups in total. The molecule has 0 bridgehead atoms. The van der Waals surface area contributed by atoms with Crippen LogP contribution in [0.5, 0.6) is 0 Å². The molecule has 0 unspecified atom stereocenters. The highest BCUT2D eigenvalue weighted by atomic mass is 32.2. The Balaban J connectivity index is 1.55. The lowest BCUT2D eigenvalue weighted by Gasteiger charge is -2.34. The molecule has 3 heterocycles. The predicted molar refractivity (Wildman–Crippen MR) is 82.8 cm³/mol. The second kappa shape index (κ2) is 6.31. The molecule has 2 aliphatic rings. The lowest BCUT2D eigenvalue weighted by Crippen LogP contribution is -2.45. The van der Waals surface area contributed by atoms with Crippen molar-refractivity contribution < 1.29 is 17.6 Å². The van der Waals surface area contributed by atoms with Crippen LogP contribution in [-0.2, 0) is 21.3 Å². The third kappa shape index (κ3) is 3.53. The molecule has 3 rings (SSSR count). The van der Waals surface area contributed by atoms with Crippen LogP contribution in [0.15, 0.2) is 22.8 Å². The number of piperidine rings is 1. The average Bonchev–Trinajstić information content (AvgIpc) is 3.07. The van der Waals surface area contributed by atoms with Gasteiger partial charge in [0.2, 0.25) is 10.0 Å². The summed E-state index contributed by atoms with van der Waals surface area (Å²) < 4.78 is 36.3. The lowest BCUT2D eigenvalue weighted by atomic mass is 9.85. The van der Waals surface area contributed by atoms with E-state index in [2.05, 4.69) is 11.9 Å². The van der Waals surface area contributed by atoms with Crippen molar-refractivity contribution in [3.05, 3.63) is 24.2 Å². The Labute approximate surface area is 132 Å². The SMILES string of the molecule is CN(Cc1ccco1)C[C@@H]1OC[C@H]2CN(S(C)(=O)=O)CC[C@H]21. The van der Waals surface area contributed by atoms with Crippen LogP contribution in [0.4, 0.5) is 0 Å². The summed E-state index contributed by atoms with van der Waals surface area (Å²) in [5.41, 5.74) is 0. The molecular weight excluding hydrogens is 304 g/mol. The average molecular weight is 328 g/mol. The first kappa shape index (κ1) is 16.0. The normalized spacial score (nSPS) is 29.9. The second-order valence-electron chi connectivity index (χ2n) is 6.48. The standard InChI is InChI=1S/C15H24N2O4S/c1-16(9-13-4-3-7-20-13)10-15-14-5-6-17(22(2,18)19)8-12(14)11-21-15/h3-4,7,12,14-15H,5-6,8-11H2,1-2H3/t12-,14-,15+/m1/s1. The van der Waals surface area contributed by atoms with E-state index in [0.29, 0.717) is 31.5 Å². The monoisotopic (exact) mass is 328 g/mol. The molecule has 1 aromatic heterocycles. The maximum Gasteiger partial charge on any atom is 0.211 e. The molecule has 22 heavy (non-hydrogen) atoms. The van der Waals surface area contributed by atoms with E-state index < -0.39 is 10.0 Å². The van der Waals surface area contributed by atoms with Crippen LogP contribution in [0, 0.1) is 11.8 Å². The highest BCUT2D eigenvalue weighted by Gasteiger charge is 2.42. The van der Waals surface area contributed by atoms with Crippen LogP contribution in [0.2, 0.25) is 0 Å². The van der Waals surface area contributed by atoms with Crippen LogP contribution in [0.25, 0.3) is 0 Å². The maximum absolute atomic E-state index is 11.7. The van der Waals surface area contributed by atoms with Gasteiger partial charge in [0, 0.05) is 25.6 Å². The molecule has 0 saturated carbocycles. The lowest BCUT2D eigenvalue weighted by molar-refractivity contribution is 0.0557. The number of furan rings is 1. The molecule has 7 heteroatoms. The van der Waals surface area contributed by atoms with E-state index in [0.717, 1.165) is 25.3 Å². The van der Waals surface area contributed by atoms with E-state index in [1.807, 2.05) is 12.1 Å². The molecule has 2 fully saturated rings. The molecule has 1 aromatic rings. The summed E-state index contributed by atoms with van der Waals surface area (Å²) in [5.74, 6) is 1.73. The Morgan fingerprint density at radius 1 is 1.45 bits per heavy atom. The number of hydrogen-bond donors (Lipinski definition) is 0. The van der Waals surface area contributed by atoms with Crippen LogP contribution < -0.4 is 0 Å². The molecule has 0 radical (unpaired) electrons. The highest BCUT2D eigenvalue weighted by molar-refractivity contribution is 7.88. The number of ether oxygens (including phenoxy) is 1. The number of hydrogen-bond acceptors (Lipinski definition) is 5.